The van der Waals surface area contributed by atoms with Crippen molar-refractivity contribution in [3.63, 3.8) is 0 Å². The molecule has 0 saturated heterocycles. The molecule has 4 aromatic rings. The van der Waals surface area contributed by atoms with E-state index in [4.69, 9.17) is 0 Å². The van der Waals surface area contributed by atoms with Crippen molar-refractivity contribution in [1.82, 2.24) is 0 Å². The molecule has 0 bridgehead atoms. The first-order valence-corrected chi connectivity index (χ1v) is 13.0. The molecule has 1 aromatic heterocycles. The molecular formula is C35H33ErN2-3. The Kier molecular flexibility index (Phi) is 9.43. The predicted octanol–water partition coefficient (Wildman–Crippen LogP) is 8.52. The number of fused-ring (bicyclic) bond motifs is 3. The van der Waals surface area contributed by atoms with Crippen molar-refractivity contribution in [2.45, 2.75) is 40.2 Å². The summed E-state index contributed by atoms with van der Waals surface area (Å²) in [7, 11) is 0. The van der Waals surface area contributed by atoms with Gasteiger partial charge in [0.15, 0.2) is 0 Å². The van der Waals surface area contributed by atoms with Gasteiger partial charge in [-0.15, -0.1) is 29.2 Å². The number of aryl methyl sites for hydroxylation is 2. The van der Waals surface area contributed by atoms with Crippen molar-refractivity contribution >= 4 is 0 Å². The second-order valence-electron chi connectivity index (χ2n) is 9.47. The molecule has 0 aliphatic carbocycles. The molecule has 0 radical (unpaired) electrons. The maximum Gasteiger partial charge on any atom is 0.0780 e. The van der Waals surface area contributed by atoms with Crippen LogP contribution in [-0.2, 0) is 6.42 Å². The number of benzene rings is 3. The summed E-state index contributed by atoms with van der Waals surface area (Å²) in [6.45, 7) is 8.76. The van der Waals surface area contributed by atoms with Crippen LogP contribution in [0.3, 0.4) is 0 Å². The molecule has 0 spiro atoms. The molecule has 1 atom stereocenters. The SMILES string of the molecule is CCc1ccccc1-c1ccc[c-]c1C1C=CC=C[N-]1.Cc1cccc2[n+]1[C-](C)[C-](C)c1ccccc1-2.[Er]. The van der Waals surface area contributed by atoms with Gasteiger partial charge in [-0.3, -0.25) is 0 Å². The fraction of sp³-hybridized carbons (Fsp3) is 0.171. The van der Waals surface area contributed by atoms with E-state index in [1.807, 2.05) is 30.5 Å². The minimum atomic E-state index is 0. The zero-order chi connectivity index (χ0) is 25.8. The number of pyridine rings is 1. The molecule has 1 unspecified atom stereocenters. The van der Waals surface area contributed by atoms with E-state index in [2.05, 4.69) is 123 Å². The summed E-state index contributed by atoms with van der Waals surface area (Å²) in [6, 6.07) is 34.7. The molecule has 6 rings (SSSR count). The molecule has 2 aliphatic rings. The Labute approximate surface area is 257 Å². The van der Waals surface area contributed by atoms with E-state index in [9.17, 15) is 0 Å². The number of rotatable bonds is 3. The molecule has 0 amide bonds. The maximum atomic E-state index is 4.54. The Morgan fingerprint density at radius 2 is 1.58 bits per heavy atom. The molecule has 3 heteroatoms. The van der Waals surface area contributed by atoms with E-state index in [1.54, 1.807) is 0 Å². The van der Waals surface area contributed by atoms with Crippen molar-refractivity contribution in [2.75, 3.05) is 0 Å². The first kappa shape index (κ1) is 28.1. The smallest absolute Gasteiger partial charge is 0.0780 e. The average molecular weight is 649 g/mol. The topological polar surface area (TPSA) is 18.0 Å². The van der Waals surface area contributed by atoms with E-state index >= 15 is 0 Å². The first-order chi connectivity index (χ1) is 18.1. The molecule has 3 aromatic carbocycles. The van der Waals surface area contributed by atoms with Crippen LogP contribution in [0.4, 0.5) is 0 Å². The summed E-state index contributed by atoms with van der Waals surface area (Å²) in [6.07, 6.45) is 9.01. The fourth-order valence-electron chi connectivity index (χ4n) is 5.27. The van der Waals surface area contributed by atoms with Crippen molar-refractivity contribution in [3.8, 4) is 22.4 Å². The molecule has 0 fully saturated rings. The monoisotopic (exact) mass is 647 g/mol. The Balaban J connectivity index is 0.000000174. The summed E-state index contributed by atoms with van der Waals surface area (Å²) in [5, 5.41) is 4.54. The Morgan fingerprint density at radius 1 is 0.842 bits per heavy atom. The van der Waals surface area contributed by atoms with Crippen molar-refractivity contribution in [1.29, 1.82) is 0 Å². The largest absolute Gasteiger partial charge is 0.683 e. The quantitative estimate of drug-likeness (QED) is 0.157. The maximum absolute atomic E-state index is 4.54. The van der Waals surface area contributed by atoms with Gasteiger partial charge in [-0.1, -0.05) is 97.8 Å². The van der Waals surface area contributed by atoms with Gasteiger partial charge in [0.05, 0.1) is 11.4 Å². The van der Waals surface area contributed by atoms with Gasteiger partial charge in [0, 0.05) is 43.3 Å². The van der Waals surface area contributed by atoms with Crippen LogP contribution in [0.5, 0.6) is 0 Å². The third-order valence-electron chi connectivity index (χ3n) is 7.28. The van der Waals surface area contributed by atoms with Gasteiger partial charge in [0.1, 0.15) is 0 Å². The van der Waals surface area contributed by atoms with E-state index < -0.39 is 0 Å². The molecule has 2 nitrogen and oxygen atoms in total. The molecule has 3 heterocycles. The fourth-order valence-corrected chi connectivity index (χ4v) is 5.27. The van der Waals surface area contributed by atoms with Crippen LogP contribution in [0.25, 0.3) is 27.7 Å². The van der Waals surface area contributed by atoms with E-state index in [-0.39, 0.29) is 43.3 Å². The molecule has 2 aliphatic heterocycles. The van der Waals surface area contributed by atoms with Gasteiger partial charge >= 0.3 is 0 Å². The molecule has 38 heavy (non-hydrogen) atoms. The Hall–Kier alpha value is -2.92. The number of allylic oxidation sites excluding steroid dienone is 2. The number of hydrogen-bond donors (Lipinski definition) is 0. The Bertz CT molecular complexity index is 1450. The van der Waals surface area contributed by atoms with Crippen molar-refractivity contribution in [2.24, 2.45) is 0 Å². The van der Waals surface area contributed by atoms with Crippen LogP contribution >= 0.6 is 0 Å². The predicted molar refractivity (Wildman–Crippen MR) is 154 cm³/mol. The van der Waals surface area contributed by atoms with E-state index in [0.29, 0.717) is 0 Å². The molecular weight excluding hydrogens is 616 g/mol. The van der Waals surface area contributed by atoms with E-state index in [1.165, 1.54) is 51.2 Å². The third kappa shape index (κ3) is 5.58. The molecule has 198 valence electrons. The summed E-state index contributed by atoms with van der Waals surface area (Å²) >= 11 is 0. The number of nitrogens with zero attached hydrogens (tertiary/aromatic N) is 2. The Morgan fingerprint density at radius 3 is 2.34 bits per heavy atom. The standard InChI is InChI=1S/C19H17N.C16H16N.Er/c1-2-15-9-3-4-10-16(15)17-11-5-6-12-18(17)19-13-7-8-14-20-19;1-11-7-6-10-16-15-9-5-4-8-14(15)12(2)13(3)17(11)16;/h3-11,13-14,19H,2H2,1H3;4-10H,1-3H3;/q-2;-1;. The van der Waals surface area contributed by atoms with Gasteiger partial charge in [-0.05, 0) is 20.3 Å². The van der Waals surface area contributed by atoms with Crippen molar-refractivity contribution < 1.29 is 41.9 Å². The van der Waals surface area contributed by atoms with Crippen LogP contribution in [0.2, 0.25) is 0 Å². The first-order valence-electron chi connectivity index (χ1n) is 13.0. The van der Waals surface area contributed by atoms with Crippen LogP contribution < -0.4 is 4.57 Å². The van der Waals surface area contributed by atoms with Crippen molar-refractivity contribution in [3.05, 3.63) is 155 Å². The summed E-state index contributed by atoms with van der Waals surface area (Å²) in [5.74, 6) is 1.37. The zero-order valence-corrected chi connectivity index (χ0v) is 24.2. The summed E-state index contributed by atoms with van der Waals surface area (Å²) in [5.41, 5.74) is 10.3. The zero-order valence-electron chi connectivity index (χ0n) is 22.4. The van der Waals surface area contributed by atoms with Crippen LogP contribution in [0.1, 0.15) is 49.2 Å². The van der Waals surface area contributed by atoms with Crippen LogP contribution in [0, 0.1) is 62.3 Å². The molecule has 0 saturated carbocycles. The van der Waals surface area contributed by atoms with Gasteiger partial charge in [-0.25, -0.2) is 0 Å². The van der Waals surface area contributed by atoms with Gasteiger partial charge in [-0.2, -0.15) is 47.7 Å². The van der Waals surface area contributed by atoms with Gasteiger partial charge in [0.25, 0.3) is 0 Å². The second kappa shape index (κ2) is 12.7. The average Bonchev–Trinajstić information content (AvgIpc) is 2.96. The summed E-state index contributed by atoms with van der Waals surface area (Å²) < 4.78 is 2.34. The van der Waals surface area contributed by atoms with Gasteiger partial charge < -0.3 is 9.88 Å². The number of hydrogen-bond acceptors (Lipinski definition) is 0. The minimum absolute atomic E-state index is 0. The normalized spacial score (nSPS) is 14.9. The minimum Gasteiger partial charge on any atom is -0.683 e. The van der Waals surface area contributed by atoms with Crippen LogP contribution in [-0.4, -0.2) is 0 Å². The number of aromatic nitrogens is 1. The third-order valence-corrected chi connectivity index (χ3v) is 7.28. The van der Waals surface area contributed by atoms with Gasteiger partial charge in [0.2, 0.25) is 0 Å². The molecule has 0 N–H and O–H groups in total. The second-order valence-corrected chi connectivity index (χ2v) is 9.47. The van der Waals surface area contributed by atoms with E-state index in [0.717, 1.165) is 12.0 Å². The summed E-state index contributed by atoms with van der Waals surface area (Å²) in [4.78, 5) is 0. The van der Waals surface area contributed by atoms with Crippen LogP contribution in [0.15, 0.2) is 109 Å².